The maximum atomic E-state index is 11.7. The van der Waals surface area contributed by atoms with Crippen LogP contribution in [0.1, 0.15) is 17.4 Å². The minimum atomic E-state index is -0.0438. The number of anilines is 1. The van der Waals surface area contributed by atoms with Gasteiger partial charge in [-0.1, -0.05) is 5.16 Å². The third-order valence-corrected chi connectivity index (χ3v) is 4.31. The number of urea groups is 1. The SMILES string of the molecule is Cc1oncc1CN1CC(n2cc(N3CCNC3=O)cn2)C1. The van der Waals surface area contributed by atoms with Crippen molar-refractivity contribution in [1.29, 1.82) is 0 Å². The van der Waals surface area contributed by atoms with E-state index in [0.717, 1.165) is 36.6 Å². The number of carbonyl (C=O) groups excluding carboxylic acids is 1. The molecule has 4 rings (SSSR count). The van der Waals surface area contributed by atoms with Crippen LogP contribution in [0.4, 0.5) is 10.5 Å². The summed E-state index contributed by atoms with van der Waals surface area (Å²) in [6.45, 7) is 6.07. The summed E-state index contributed by atoms with van der Waals surface area (Å²) in [6.07, 6.45) is 5.50. The first-order valence-corrected chi connectivity index (χ1v) is 7.43. The summed E-state index contributed by atoms with van der Waals surface area (Å²) in [7, 11) is 0. The molecule has 2 fully saturated rings. The van der Waals surface area contributed by atoms with Crippen molar-refractivity contribution in [1.82, 2.24) is 25.2 Å². The highest BCUT2D eigenvalue weighted by atomic mass is 16.5. The molecule has 1 N–H and O–H groups in total. The summed E-state index contributed by atoms with van der Waals surface area (Å²) in [5, 5.41) is 11.0. The van der Waals surface area contributed by atoms with E-state index in [0.29, 0.717) is 19.1 Å². The van der Waals surface area contributed by atoms with Crippen molar-refractivity contribution in [2.45, 2.75) is 19.5 Å². The van der Waals surface area contributed by atoms with Gasteiger partial charge in [-0.05, 0) is 6.92 Å². The molecular weight excluding hydrogens is 284 g/mol. The summed E-state index contributed by atoms with van der Waals surface area (Å²) in [5.41, 5.74) is 2.00. The molecule has 4 heterocycles. The molecular formula is C14H18N6O2. The van der Waals surface area contributed by atoms with E-state index in [1.807, 2.05) is 17.8 Å². The Hall–Kier alpha value is -2.35. The van der Waals surface area contributed by atoms with E-state index in [4.69, 9.17) is 4.52 Å². The van der Waals surface area contributed by atoms with E-state index < -0.39 is 0 Å². The van der Waals surface area contributed by atoms with Gasteiger partial charge in [0.15, 0.2) is 0 Å². The van der Waals surface area contributed by atoms with Gasteiger partial charge < -0.3 is 9.84 Å². The molecule has 116 valence electrons. The van der Waals surface area contributed by atoms with Crippen LogP contribution in [0.15, 0.2) is 23.1 Å². The van der Waals surface area contributed by atoms with Crippen LogP contribution in [0.5, 0.6) is 0 Å². The number of nitrogens with zero attached hydrogens (tertiary/aromatic N) is 5. The number of aromatic nitrogens is 3. The van der Waals surface area contributed by atoms with E-state index in [1.54, 1.807) is 17.3 Å². The Morgan fingerprint density at radius 3 is 2.95 bits per heavy atom. The lowest BCUT2D eigenvalue weighted by Crippen LogP contribution is -2.47. The van der Waals surface area contributed by atoms with Crippen LogP contribution in [0.3, 0.4) is 0 Å². The quantitative estimate of drug-likeness (QED) is 0.902. The fourth-order valence-electron chi connectivity index (χ4n) is 2.94. The molecule has 0 radical (unpaired) electrons. The van der Waals surface area contributed by atoms with Crippen molar-refractivity contribution >= 4 is 11.7 Å². The lowest BCUT2D eigenvalue weighted by molar-refractivity contribution is 0.0904. The van der Waals surface area contributed by atoms with Crippen LogP contribution in [-0.2, 0) is 6.54 Å². The zero-order valence-corrected chi connectivity index (χ0v) is 12.4. The zero-order chi connectivity index (χ0) is 15.1. The van der Waals surface area contributed by atoms with Crippen molar-refractivity contribution in [3.05, 3.63) is 29.9 Å². The number of amides is 2. The van der Waals surface area contributed by atoms with E-state index >= 15 is 0 Å². The third-order valence-electron chi connectivity index (χ3n) is 4.31. The lowest BCUT2D eigenvalue weighted by atomic mass is 10.1. The first-order chi connectivity index (χ1) is 10.7. The number of nitrogens with one attached hydrogen (secondary N) is 1. The summed E-state index contributed by atoms with van der Waals surface area (Å²) < 4.78 is 7.03. The van der Waals surface area contributed by atoms with Crippen LogP contribution in [0, 0.1) is 6.92 Å². The Labute approximate surface area is 127 Å². The molecule has 22 heavy (non-hydrogen) atoms. The van der Waals surface area contributed by atoms with Gasteiger partial charge in [-0.15, -0.1) is 0 Å². The van der Waals surface area contributed by atoms with Crippen LogP contribution in [0.2, 0.25) is 0 Å². The Balaban J connectivity index is 1.36. The van der Waals surface area contributed by atoms with E-state index in [2.05, 4.69) is 20.5 Å². The zero-order valence-electron chi connectivity index (χ0n) is 12.4. The number of hydrogen-bond donors (Lipinski definition) is 1. The van der Waals surface area contributed by atoms with E-state index in [1.165, 1.54) is 0 Å². The van der Waals surface area contributed by atoms with Crippen molar-refractivity contribution in [2.75, 3.05) is 31.1 Å². The molecule has 2 saturated heterocycles. The number of aryl methyl sites for hydroxylation is 1. The van der Waals surface area contributed by atoms with Crippen LogP contribution in [-0.4, -0.2) is 52.0 Å². The molecule has 2 aliphatic heterocycles. The Morgan fingerprint density at radius 1 is 1.41 bits per heavy atom. The van der Waals surface area contributed by atoms with E-state index in [-0.39, 0.29) is 6.03 Å². The molecule has 0 spiro atoms. The van der Waals surface area contributed by atoms with Crippen LogP contribution in [0.25, 0.3) is 0 Å². The summed E-state index contributed by atoms with van der Waals surface area (Å²) in [4.78, 5) is 15.7. The monoisotopic (exact) mass is 302 g/mol. The molecule has 2 aromatic heterocycles. The van der Waals surface area contributed by atoms with Crippen molar-refractivity contribution < 1.29 is 9.32 Å². The predicted molar refractivity (Wildman–Crippen MR) is 78.5 cm³/mol. The van der Waals surface area contributed by atoms with E-state index in [9.17, 15) is 4.79 Å². The Kier molecular flexibility index (Phi) is 3.11. The van der Waals surface area contributed by atoms with Gasteiger partial charge in [-0.2, -0.15) is 5.10 Å². The van der Waals surface area contributed by atoms with Gasteiger partial charge in [-0.25, -0.2) is 4.79 Å². The average molecular weight is 302 g/mol. The number of likely N-dealkylation sites (tertiary alicyclic amines) is 1. The summed E-state index contributed by atoms with van der Waals surface area (Å²) >= 11 is 0. The molecule has 8 nitrogen and oxygen atoms in total. The van der Waals surface area contributed by atoms with Crippen molar-refractivity contribution in [3.63, 3.8) is 0 Å². The smallest absolute Gasteiger partial charge is 0.322 e. The summed E-state index contributed by atoms with van der Waals surface area (Å²) in [6, 6.07) is 0.317. The average Bonchev–Trinajstić information content (AvgIpc) is 3.15. The highest BCUT2D eigenvalue weighted by Gasteiger charge is 2.30. The normalized spacial score (nSPS) is 19.5. The number of rotatable bonds is 4. The highest BCUT2D eigenvalue weighted by molar-refractivity contribution is 5.93. The van der Waals surface area contributed by atoms with Gasteiger partial charge in [0.05, 0.1) is 24.1 Å². The van der Waals surface area contributed by atoms with Gasteiger partial charge in [0, 0.05) is 44.5 Å². The molecule has 2 amide bonds. The highest BCUT2D eigenvalue weighted by Crippen LogP contribution is 2.25. The van der Waals surface area contributed by atoms with Gasteiger partial charge in [0.2, 0.25) is 0 Å². The number of carbonyl (C=O) groups is 1. The van der Waals surface area contributed by atoms with Gasteiger partial charge in [0.1, 0.15) is 5.76 Å². The van der Waals surface area contributed by atoms with Crippen LogP contribution < -0.4 is 10.2 Å². The van der Waals surface area contributed by atoms with Gasteiger partial charge in [-0.3, -0.25) is 14.5 Å². The summed E-state index contributed by atoms with van der Waals surface area (Å²) in [5.74, 6) is 0.880. The molecule has 0 bridgehead atoms. The maximum absolute atomic E-state index is 11.7. The lowest BCUT2D eigenvalue weighted by Gasteiger charge is -2.39. The molecule has 0 aliphatic carbocycles. The van der Waals surface area contributed by atoms with Crippen LogP contribution >= 0.6 is 0 Å². The van der Waals surface area contributed by atoms with Gasteiger partial charge in [0.25, 0.3) is 0 Å². The molecule has 2 aromatic rings. The largest absolute Gasteiger partial charge is 0.361 e. The molecule has 0 aromatic carbocycles. The topological polar surface area (TPSA) is 79.4 Å². The molecule has 0 saturated carbocycles. The third kappa shape index (κ3) is 2.25. The fourth-order valence-corrected chi connectivity index (χ4v) is 2.94. The number of hydrogen-bond acceptors (Lipinski definition) is 5. The minimum absolute atomic E-state index is 0.0438. The molecule has 0 unspecified atom stereocenters. The van der Waals surface area contributed by atoms with Gasteiger partial charge >= 0.3 is 6.03 Å². The molecule has 8 heteroatoms. The Bertz CT molecular complexity index is 687. The molecule has 2 aliphatic rings. The predicted octanol–water partition coefficient (Wildman–Crippen LogP) is 0.766. The van der Waals surface area contributed by atoms with Crippen molar-refractivity contribution in [2.24, 2.45) is 0 Å². The first kappa shape index (κ1) is 13.3. The Morgan fingerprint density at radius 2 is 2.27 bits per heavy atom. The molecule has 0 atom stereocenters. The standard InChI is InChI=1S/C14H18N6O2/c1-10-11(4-17-22-10)6-18-7-13(8-18)20-9-12(5-16-20)19-3-2-15-14(19)21/h4-5,9,13H,2-3,6-8H2,1H3,(H,15,21). The second-order valence-electron chi connectivity index (χ2n) is 5.82. The first-order valence-electron chi connectivity index (χ1n) is 7.43. The fraction of sp³-hybridized carbons (Fsp3) is 0.500. The second kappa shape index (κ2) is 5.13. The second-order valence-corrected chi connectivity index (χ2v) is 5.82. The maximum Gasteiger partial charge on any atom is 0.322 e. The van der Waals surface area contributed by atoms with Crippen molar-refractivity contribution in [3.8, 4) is 0 Å². The minimum Gasteiger partial charge on any atom is -0.361 e.